The fourth-order valence-electron chi connectivity index (χ4n) is 13.1. The molecule has 0 bridgehead atoms. The molecule has 1 heteroatoms. The monoisotopic (exact) mass is 888 g/mol. The molecule has 334 valence electrons. The van der Waals surface area contributed by atoms with E-state index in [2.05, 4.69) is 223 Å². The Morgan fingerprint density at radius 1 is 0.435 bits per heavy atom. The van der Waals surface area contributed by atoms with Gasteiger partial charge in [-0.2, -0.15) is 0 Å². The molecule has 0 amide bonds. The third-order valence-corrected chi connectivity index (χ3v) is 17.0. The number of ether oxygens (including phenoxy) is 1. The van der Waals surface area contributed by atoms with Gasteiger partial charge in [0.15, 0.2) is 0 Å². The van der Waals surface area contributed by atoms with Crippen LogP contribution >= 0.6 is 0 Å². The van der Waals surface area contributed by atoms with Crippen LogP contribution in [-0.2, 0) is 17.3 Å². The summed E-state index contributed by atoms with van der Waals surface area (Å²) in [6, 6.07) is 67.1. The fraction of sp³-hybridized carbons (Fsp3) is 0.176. The lowest BCUT2D eigenvalue weighted by molar-refractivity contribution is 0.415. The van der Waals surface area contributed by atoms with Gasteiger partial charge in [0.1, 0.15) is 5.75 Å². The molecule has 3 aliphatic carbocycles. The average molecular weight is 889 g/mol. The first kappa shape index (κ1) is 41.7. The lowest BCUT2D eigenvalue weighted by atomic mass is 9.75. The maximum Gasteiger partial charge on any atom is 0.118 e. The number of hydrogen-bond donors (Lipinski definition) is 0. The highest BCUT2D eigenvalue weighted by Gasteiger charge is 2.40. The number of rotatable bonds is 7. The Hall–Kier alpha value is -7.48. The van der Waals surface area contributed by atoms with Crippen molar-refractivity contribution in [2.24, 2.45) is 5.92 Å². The predicted octanol–water partition coefficient (Wildman–Crippen LogP) is 18.4. The van der Waals surface area contributed by atoms with Crippen LogP contribution in [0, 0.1) is 5.92 Å². The summed E-state index contributed by atoms with van der Waals surface area (Å²) in [4.78, 5) is 0. The Bertz CT molecular complexity index is 3750. The highest BCUT2D eigenvalue weighted by atomic mass is 16.5. The Morgan fingerprint density at radius 2 is 0.855 bits per heavy atom. The summed E-state index contributed by atoms with van der Waals surface area (Å²) in [6.07, 6.45) is 7.85. The van der Waals surface area contributed by atoms with Gasteiger partial charge in [0.25, 0.3) is 0 Å². The Kier molecular flexibility index (Phi) is 9.38. The van der Waals surface area contributed by atoms with E-state index in [-0.39, 0.29) is 10.8 Å². The number of benzene rings is 10. The zero-order chi connectivity index (χ0) is 46.8. The smallest absolute Gasteiger partial charge is 0.118 e. The Morgan fingerprint density at radius 3 is 1.39 bits per heavy atom. The van der Waals surface area contributed by atoms with E-state index >= 15 is 0 Å². The summed E-state index contributed by atoms with van der Waals surface area (Å²) in [7, 11) is 1.74. The molecule has 0 aliphatic heterocycles. The van der Waals surface area contributed by atoms with Crippen LogP contribution in [0.4, 0.5) is 0 Å². The van der Waals surface area contributed by atoms with E-state index in [1.807, 2.05) is 0 Å². The van der Waals surface area contributed by atoms with Gasteiger partial charge in [-0.1, -0.05) is 192 Å². The van der Waals surface area contributed by atoms with Crippen LogP contribution in [0.3, 0.4) is 0 Å². The first-order valence-corrected chi connectivity index (χ1v) is 25.1. The van der Waals surface area contributed by atoms with Gasteiger partial charge in [-0.25, -0.2) is 0 Å². The fourth-order valence-corrected chi connectivity index (χ4v) is 13.1. The predicted molar refractivity (Wildman–Crippen MR) is 294 cm³/mol. The Labute approximate surface area is 406 Å². The van der Waals surface area contributed by atoms with E-state index in [0.29, 0.717) is 5.92 Å². The van der Waals surface area contributed by atoms with Crippen LogP contribution in [0.5, 0.6) is 5.75 Å². The molecular weight excluding hydrogens is 833 g/mol. The second-order valence-corrected chi connectivity index (χ2v) is 20.5. The van der Waals surface area contributed by atoms with Crippen LogP contribution in [0.25, 0.3) is 105 Å². The minimum absolute atomic E-state index is 0.00136. The van der Waals surface area contributed by atoms with Gasteiger partial charge in [0, 0.05) is 10.8 Å². The van der Waals surface area contributed by atoms with Crippen molar-refractivity contribution in [3.63, 3.8) is 0 Å². The SMILES string of the molecule is CCC1(C)c2ccccc2-c2ccc(-c3ccc4c(c3)C(C)(CC)c3cc(-c5c6ccccc6c(-c6c7c(c(-c8ccc(OC)cc8)c8ccccc68)C=CC(C)C7)c6ccccc56)ccc3-4)cc21. The number of allylic oxidation sites excluding steroid dienone is 1. The van der Waals surface area contributed by atoms with Gasteiger partial charge >= 0.3 is 0 Å². The minimum Gasteiger partial charge on any atom is -0.497 e. The second kappa shape index (κ2) is 15.5. The van der Waals surface area contributed by atoms with Crippen molar-refractivity contribution in [1.82, 2.24) is 0 Å². The summed E-state index contributed by atoms with van der Waals surface area (Å²) in [6.45, 7) is 12.0. The second-order valence-electron chi connectivity index (χ2n) is 20.5. The quantitative estimate of drug-likeness (QED) is 0.145. The van der Waals surface area contributed by atoms with Crippen molar-refractivity contribution < 1.29 is 4.74 Å². The van der Waals surface area contributed by atoms with Crippen molar-refractivity contribution in [3.8, 4) is 72.5 Å². The molecule has 0 fully saturated rings. The standard InChI is InChI=1S/C68H56O/c1-7-67(4)59-24-16-15-17-47(59)48-34-28-43(38-60(48)67)44-29-35-49-50-36-30-45(40-62(50)68(5,8-2)61(49)39-44)64-52-19-10-12-21-54(52)65(55-22-13-11-20-53(55)64)66-56-23-14-9-18-51(56)63(42-26-31-46(69-6)32-27-42)57-33-25-41(3)37-58(57)66/h9-36,38-41H,7-8,37H2,1-6H3. The molecule has 0 radical (unpaired) electrons. The summed E-state index contributed by atoms with van der Waals surface area (Å²) in [5.74, 6) is 1.29. The highest BCUT2D eigenvalue weighted by Crippen LogP contribution is 2.56. The van der Waals surface area contributed by atoms with Gasteiger partial charge in [0.2, 0.25) is 0 Å². The molecule has 3 unspecified atom stereocenters. The van der Waals surface area contributed by atoms with Gasteiger partial charge in [-0.3, -0.25) is 0 Å². The lowest BCUT2D eigenvalue weighted by Crippen LogP contribution is -2.19. The average Bonchev–Trinajstić information content (AvgIpc) is 3.81. The van der Waals surface area contributed by atoms with Crippen LogP contribution in [0.1, 0.15) is 80.8 Å². The van der Waals surface area contributed by atoms with E-state index in [0.717, 1.165) is 25.0 Å². The van der Waals surface area contributed by atoms with Crippen molar-refractivity contribution in [2.75, 3.05) is 7.11 Å². The summed E-state index contributed by atoms with van der Waals surface area (Å²) in [5.41, 5.74) is 24.2. The van der Waals surface area contributed by atoms with Gasteiger partial charge in [0.05, 0.1) is 7.11 Å². The molecule has 3 atom stereocenters. The first-order valence-electron chi connectivity index (χ1n) is 25.1. The topological polar surface area (TPSA) is 9.23 Å². The van der Waals surface area contributed by atoms with Crippen molar-refractivity contribution in [1.29, 1.82) is 0 Å². The number of fused-ring (bicyclic) bond motifs is 10. The van der Waals surface area contributed by atoms with Gasteiger partial charge < -0.3 is 4.74 Å². The Balaban J connectivity index is 0.983. The molecule has 10 aromatic rings. The summed E-state index contributed by atoms with van der Waals surface area (Å²) in [5, 5.41) is 7.73. The molecule has 69 heavy (non-hydrogen) atoms. The zero-order valence-electron chi connectivity index (χ0n) is 40.5. The molecule has 0 heterocycles. The van der Waals surface area contributed by atoms with Gasteiger partial charge in [-0.05, 0) is 188 Å². The molecular formula is C68H56O. The maximum absolute atomic E-state index is 5.60. The van der Waals surface area contributed by atoms with E-state index in [1.54, 1.807) is 7.11 Å². The number of methoxy groups -OCH3 is 1. The van der Waals surface area contributed by atoms with Gasteiger partial charge in [-0.15, -0.1) is 0 Å². The molecule has 3 aliphatic rings. The largest absolute Gasteiger partial charge is 0.497 e. The van der Waals surface area contributed by atoms with Crippen molar-refractivity contribution in [3.05, 3.63) is 215 Å². The third kappa shape index (κ3) is 5.96. The molecule has 0 saturated heterocycles. The van der Waals surface area contributed by atoms with Crippen molar-refractivity contribution in [2.45, 2.75) is 64.7 Å². The van der Waals surface area contributed by atoms with E-state index in [1.165, 1.54) is 132 Å². The van der Waals surface area contributed by atoms with Crippen LogP contribution < -0.4 is 4.74 Å². The lowest BCUT2D eigenvalue weighted by Gasteiger charge is -2.28. The molecule has 0 spiro atoms. The van der Waals surface area contributed by atoms with Crippen molar-refractivity contribution >= 4 is 38.4 Å². The number of hydrogen-bond acceptors (Lipinski definition) is 1. The van der Waals surface area contributed by atoms with Crippen LogP contribution in [0.15, 0.2) is 182 Å². The summed E-state index contributed by atoms with van der Waals surface area (Å²) >= 11 is 0. The highest BCUT2D eigenvalue weighted by molar-refractivity contribution is 6.25. The maximum atomic E-state index is 5.60. The normalized spacial score (nSPS) is 18.6. The molecule has 1 nitrogen and oxygen atoms in total. The first-order chi connectivity index (χ1) is 33.7. The van der Waals surface area contributed by atoms with Crippen LogP contribution in [0.2, 0.25) is 0 Å². The third-order valence-electron chi connectivity index (χ3n) is 17.0. The molecule has 0 saturated carbocycles. The molecule has 0 aromatic heterocycles. The molecule has 13 rings (SSSR count). The van der Waals surface area contributed by atoms with E-state index in [4.69, 9.17) is 4.74 Å². The van der Waals surface area contributed by atoms with E-state index in [9.17, 15) is 0 Å². The molecule has 0 N–H and O–H groups in total. The molecule has 10 aromatic carbocycles. The van der Waals surface area contributed by atoms with Crippen LogP contribution in [-0.4, -0.2) is 7.11 Å². The minimum atomic E-state index is -0.152. The zero-order valence-corrected chi connectivity index (χ0v) is 40.5. The van der Waals surface area contributed by atoms with E-state index < -0.39 is 0 Å². The summed E-state index contributed by atoms with van der Waals surface area (Å²) < 4.78 is 5.60.